The van der Waals surface area contributed by atoms with E-state index in [9.17, 15) is 4.39 Å². The first-order chi connectivity index (χ1) is 10.2. The van der Waals surface area contributed by atoms with Crippen LogP contribution >= 0.6 is 11.6 Å². The molecule has 2 heterocycles. The van der Waals surface area contributed by atoms with Crippen LogP contribution in [0.25, 0.3) is 0 Å². The summed E-state index contributed by atoms with van der Waals surface area (Å²) in [7, 11) is 0. The van der Waals surface area contributed by atoms with Gasteiger partial charge in [-0.15, -0.1) is 0 Å². The summed E-state index contributed by atoms with van der Waals surface area (Å²) in [5.41, 5.74) is 1.38. The SMILES string of the molecule is Fc1cc(Cl)cnc1N1CCC(Cc2ccccc2)CC1. The van der Waals surface area contributed by atoms with Gasteiger partial charge in [-0.1, -0.05) is 41.9 Å². The van der Waals surface area contributed by atoms with Gasteiger partial charge >= 0.3 is 0 Å². The number of aromatic nitrogens is 1. The molecule has 3 rings (SSSR count). The summed E-state index contributed by atoms with van der Waals surface area (Å²) >= 11 is 5.75. The van der Waals surface area contributed by atoms with Gasteiger partial charge in [0.25, 0.3) is 0 Å². The molecule has 1 aromatic carbocycles. The van der Waals surface area contributed by atoms with Gasteiger partial charge in [0.2, 0.25) is 0 Å². The Morgan fingerprint density at radius 1 is 1.19 bits per heavy atom. The molecule has 1 aliphatic heterocycles. The van der Waals surface area contributed by atoms with Crippen molar-refractivity contribution >= 4 is 17.4 Å². The van der Waals surface area contributed by atoms with Crippen LogP contribution in [-0.2, 0) is 6.42 Å². The Labute approximate surface area is 129 Å². The van der Waals surface area contributed by atoms with Crippen LogP contribution in [0.1, 0.15) is 18.4 Å². The van der Waals surface area contributed by atoms with Crippen LogP contribution < -0.4 is 4.90 Å². The average molecular weight is 305 g/mol. The first-order valence-electron chi connectivity index (χ1n) is 7.32. The van der Waals surface area contributed by atoms with E-state index in [1.54, 1.807) is 0 Å². The maximum Gasteiger partial charge on any atom is 0.167 e. The molecule has 2 nitrogen and oxygen atoms in total. The Morgan fingerprint density at radius 3 is 2.57 bits per heavy atom. The zero-order valence-electron chi connectivity index (χ0n) is 11.8. The van der Waals surface area contributed by atoms with E-state index in [2.05, 4.69) is 29.2 Å². The highest BCUT2D eigenvalue weighted by atomic mass is 35.5. The lowest BCUT2D eigenvalue weighted by Gasteiger charge is -2.33. The second kappa shape index (κ2) is 6.44. The van der Waals surface area contributed by atoms with E-state index in [4.69, 9.17) is 11.6 Å². The topological polar surface area (TPSA) is 16.1 Å². The number of piperidine rings is 1. The third-order valence-electron chi connectivity index (χ3n) is 4.07. The highest BCUT2D eigenvalue weighted by molar-refractivity contribution is 6.30. The van der Waals surface area contributed by atoms with E-state index < -0.39 is 0 Å². The van der Waals surface area contributed by atoms with Crippen LogP contribution in [0.4, 0.5) is 10.2 Å². The van der Waals surface area contributed by atoms with E-state index >= 15 is 0 Å². The van der Waals surface area contributed by atoms with Crippen molar-refractivity contribution in [1.82, 2.24) is 4.98 Å². The number of halogens is 2. The number of pyridine rings is 1. The number of nitrogens with zero attached hydrogens (tertiary/aromatic N) is 2. The maximum absolute atomic E-state index is 13.9. The van der Waals surface area contributed by atoms with Crippen molar-refractivity contribution in [3.8, 4) is 0 Å². The van der Waals surface area contributed by atoms with E-state index in [-0.39, 0.29) is 5.82 Å². The molecule has 1 aromatic heterocycles. The Kier molecular flexibility index (Phi) is 4.39. The van der Waals surface area contributed by atoms with Gasteiger partial charge in [-0.2, -0.15) is 0 Å². The summed E-state index contributed by atoms with van der Waals surface area (Å²) in [6, 6.07) is 11.9. The first kappa shape index (κ1) is 14.3. The van der Waals surface area contributed by atoms with Crippen LogP contribution in [0.3, 0.4) is 0 Å². The summed E-state index contributed by atoms with van der Waals surface area (Å²) in [5, 5.41) is 0.343. The van der Waals surface area contributed by atoms with Crippen LogP contribution in [0, 0.1) is 11.7 Å². The number of hydrogen-bond donors (Lipinski definition) is 0. The molecular formula is C17H18ClFN2. The largest absolute Gasteiger partial charge is 0.354 e. The zero-order chi connectivity index (χ0) is 14.7. The second-order valence-electron chi connectivity index (χ2n) is 5.58. The molecule has 0 amide bonds. The third kappa shape index (κ3) is 3.53. The minimum absolute atomic E-state index is 0.330. The predicted octanol–water partition coefficient (Wildman–Crippen LogP) is 4.33. The summed E-state index contributed by atoms with van der Waals surface area (Å²) in [6.07, 6.45) is 4.75. The minimum atomic E-state index is -0.330. The molecule has 0 aliphatic carbocycles. The lowest BCUT2D eigenvalue weighted by molar-refractivity contribution is 0.399. The molecule has 0 N–H and O–H groups in total. The summed E-state index contributed by atoms with van der Waals surface area (Å²) in [6.45, 7) is 1.70. The van der Waals surface area contributed by atoms with Crippen LogP contribution in [0.2, 0.25) is 5.02 Å². The molecule has 0 spiro atoms. The van der Waals surface area contributed by atoms with Gasteiger partial charge in [-0.25, -0.2) is 9.37 Å². The van der Waals surface area contributed by atoms with Crippen molar-refractivity contribution in [1.29, 1.82) is 0 Å². The molecule has 110 valence electrons. The van der Waals surface area contributed by atoms with Gasteiger partial charge in [0.05, 0.1) is 5.02 Å². The summed E-state index contributed by atoms with van der Waals surface area (Å²) in [5.74, 6) is 0.764. The normalized spacial score (nSPS) is 16.2. The molecular weight excluding hydrogens is 287 g/mol. The predicted molar refractivity (Wildman–Crippen MR) is 84.3 cm³/mol. The fraction of sp³-hybridized carbons (Fsp3) is 0.353. The molecule has 1 fully saturated rings. The first-order valence-corrected chi connectivity index (χ1v) is 7.70. The third-order valence-corrected chi connectivity index (χ3v) is 4.28. The van der Waals surface area contributed by atoms with Gasteiger partial charge < -0.3 is 4.90 Å². The van der Waals surface area contributed by atoms with Crippen molar-refractivity contribution in [2.75, 3.05) is 18.0 Å². The minimum Gasteiger partial charge on any atom is -0.354 e. The molecule has 1 saturated heterocycles. The van der Waals surface area contributed by atoms with Gasteiger partial charge in [0.1, 0.15) is 0 Å². The fourth-order valence-corrected chi connectivity index (χ4v) is 3.08. The molecule has 0 radical (unpaired) electrons. The summed E-state index contributed by atoms with van der Waals surface area (Å²) < 4.78 is 13.9. The van der Waals surface area contributed by atoms with E-state index in [0.717, 1.165) is 32.4 Å². The Morgan fingerprint density at radius 2 is 1.90 bits per heavy atom. The fourth-order valence-electron chi connectivity index (χ4n) is 2.94. The standard InChI is InChI=1S/C17H18ClFN2/c18-15-11-16(19)17(20-12-15)21-8-6-14(7-9-21)10-13-4-2-1-3-5-13/h1-5,11-12,14H,6-10H2. The molecule has 0 bridgehead atoms. The molecule has 0 unspecified atom stereocenters. The van der Waals surface area contributed by atoms with Gasteiger partial charge in [-0.3, -0.25) is 0 Å². The highest BCUT2D eigenvalue weighted by Gasteiger charge is 2.22. The lowest BCUT2D eigenvalue weighted by atomic mass is 9.90. The van der Waals surface area contributed by atoms with Crippen molar-refractivity contribution < 1.29 is 4.39 Å². The average Bonchev–Trinajstić information content (AvgIpc) is 2.49. The van der Waals surface area contributed by atoms with Crippen LogP contribution in [0.5, 0.6) is 0 Å². The monoisotopic (exact) mass is 304 g/mol. The molecule has 0 atom stereocenters. The van der Waals surface area contributed by atoms with Crippen molar-refractivity contribution in [2.24, 2.45) is 5.92 Å². The molecule has 4 heteroatoms. The van der Waals surface area contributed by atoms with Crippen molar-refractivity contribution in [2.45, 2.75) is 19.3 Å². The van der Waals surface area contributed by atoms with E-state index in [0.29, 0.717) is 16.8 Å². The lowest BCUT2D eigenvalue weighted by Crippen LogP contribution is -2.35. The number of hydrogen-bond acceptors (Lipinski definition) is 2. The Balaban J connectivity index is 1.60. The van der Waals surface area contributed by atoms with Crippen LogP contribution in [0.15, 0.2) is 42.6 Å². The number of rotatable bonds is 3. The number of anilines is 1. The zero-order valence-corrected chi connectivity index (χ0v) is 12.6. The molecule has 2 aromatic rings. The second-order valence-corrected chi connectivity index (χ2v) is 6.02. The number of benzene rings is 1. The Bertz CT molecular complexity index is 595. The molecule has 1 aliphatic rings. The smallest absolute Gasteiger partial charge is 0.167 e. The maximum atomic E-state index is 13.9. The van der Waals surface area contributed by atoms with Crippen molar-refractivity contribution in [3.05, 3.63) is 59.0 Å². The van der Waals surface area contributed by atoms with Crippen molar-refractivity contribution in [3.63, 3.8) is 0 Å². The van der Waals surface area contributed by atoms with Gasteiger partial charge in [0.15, 0.2) is 11.6 Å². The highest BCUT2D eigenvalue weighted by Crippen LogP contribution is 2.27. The Hall–Kier alpha value is -1.61. The van der Waals surface area contributed by atoms with E-state index in [1.165, 1.54) is 17.8 Å². The molecule has 0 saturated carbocycles. The quantitative estimate of drug-likeness (QED) is 0.839. The van der Waals surface area contributed by atoms with Crippen LogP contribution in [-0.4, -0.2) is 18.1 Å². The van der Waals surface area contributed by atoms with Gasteiger partial charge in [-0.05, 0) is 36.8 Å². The summed E-state index contributed by atoms with van der Waals surface area (Å²) in [4.78, 5) is 6.15. The molecule has 21 heavy (non-hydrogen) atoms. The van der Waals surface area contributed by atoms with Gasteiger partial charge in [0, 0.05) is 19.3 Å². The van der Waals surface area contributed by atoms with E-state index in [1.807, 2.05) is 11.0 Å².